The van der Waals surface area contributed by atoms with Gasteiger partial charge in [-0.3, -0.25) is 14.3 Å². The molecule has 10 nitrogen and oxygen atoms in total. The third-order valence-corrected chi connectivity index (χ3v) is 6.77. The highest BCUT2D eigenvalue weighted by Crippen LogP contribution is 2.33. The third-order valence-electron chi connectivity index (χ3n) is 5.39. The first-order valence-corrected chi connectivity index (χ1v) is 12.2. The summed E-state index contributed by atoms with van der Waals surface area (Å²) in [5.41, 5.74) is 1.54. The number of anilines is 3. The fraction of sp³-hybridized carbons (Fsp3) is 0.167. The first kappa shape index (κ1) is 22.5. The standard InChI is InChI=1S/C24H21N3O7S/c1-14-23(28)26-19-12-17(6-8-20(19)34-14)25-24(29)15-2-4-16(5-3-15)27-35(30,31)18-7-9-21-22(13-18)33-11-10-32-21/h2-9,12-14,27H,10-11H2,1H3,(H,25,29)(H,26,28)/t14-/m0/s1. The Morgan fingerprint density at radius 1 is 0.914 bits per heavy atom. The van der Waals surface area contributed by atoms with E-state index < -0.39 is 22.0 Å². The first-order chi connectivity index (χ1) is 16.8. The van der Waals surface area contributed by atoms with Crippen molar-refractivity contribution in [2.24, 2.45) is 0 Å². The normalized spacial score (nSPS) is 16.4. The molecule has 0 unspecified atom stereocenters. The van der Waals surface area contributed by atoms with Crippen LogP contribution in [0.4, 0.5) is 17.1 Å². The lowest BCUT2D eigenvalue weighted by Gasteiger charge is -2.23. The molecule has 11 heteroatoms. The predicted octanol–water partition coefficient (Wildman–Crippen LogP) is 3.23. The maximum atomic E-state index is 12.8. The van der Waals surface area contributed by atoms with Crippen LogP contribution in [-0.2, 0) is 14.8 Å². The first-order valence-electron chi connectivity index (χ1n) is 10.7. The molecule has 0 aliphatic carbocycles. The number of benzene rings is 3. The van der Waals surface area contributed by atoms with Crippen LogP contribution in [0.2, 0.25) is 0 Å². The van der Waals surface area contributed by atoms with E-state index in [0.717, 1.165) is 0 Å². The summed E-state index contributed by atoms with van der Waals surface area (Å²) >= 11 is 0. The van der Waals surface area contributed by atoms with E-state index in [1.807, 2.05) is 0 Å². The van der Waals surface area contributed by atoms with Crippen LogP contribution < -0.4 is 29.6 Å². The Kier molecular flexibility index (Phi) is 5.69. The van der Waals surface area contributed by atoms with Crippen LogP contribution in [0.3, 0.4) is 0 Å². The zero-order valence-corrected chi connectivity index (χ0v) is 19.3. The van der Waals surface area contributed by atoms with Crippen LogP contribution in [0.15, 0.2) is 65.6 Å². The van der Waals surface area contributed by atoms with Crippen molar-refractivity contribution in [3.05, 3.63) is 66.2 Å². The van der Waals surface area contributed by atoms with Gasteiger partial charge >= 0.3 is 0 Å². The van der Waals surface area contributed by atoms with Crippen LogP contribution in [0.25, 0.3) is 0 Å². The predicted molar refractivity (Wildman–Crippen MR) is 128 cm³/mol. The van der Waals surface area contributed by atoms with Gasteiger partial charge in [0, 0.05) is 23.0 Å². The van der Waals surface area contributed by atoms with Crippen LogP contribution in [-0.4, -0.2) is 39.5 Å². The lowest BCUT2D eigenvalue weighted by atomic mass is 10.1. The summed E-state index contributed by atoms with van der Waals surface area (Å²) in [6, 6.07) is 15.3. The van der Waals surface area contributed by atoms with E-state index in [9.17, 15) is 18.0 Å². The summed E-state index contributed by atoms with van der Waals surface area (Å²) in [5.74, 6) is 0.713. The highest BCUT2D eigenvalue weighted by Gasteiger charge is 2.24. The van der Waals surface area contributed by atoms with E-state index >= 15 is 0 Å². The van der Waals surface area contributed by atoms with Gasteiger partial charge in [0.05, 0.1) is 10.6 Å². The Balaban J connectivity index is 1.26. The average Bonchev–Trinajstić information content (AvgIpc) is 2.85. The molecule has 0 bridgehead atoms. The van der Waals surface area contributed by atoms with E-state index in [0.29, 0.717) is 53.1 Å². The molecule has 0 spiro atoms. The molecule has 0 saturated heterocycles. The third kappa shape index (κ3) is 4.71. The molecule has 0 radical (unpaired) electrons. The van der Waals surface area contributed by atoms with Gasteiger partial charge in [0.25, 0.3) is 21.8 Å². The Hall–Kier alpha value is -4.25. The lowest BCUT2D eigenvalue weighted by molar-refractivity contribution is -0.122. The molecular weight excluding hydrogens is 474 g/mol. The van der Waals surface area contributed by atoms with Gasteiger partial charge in [-0.1, -0.05) is 0 Å². The lowest BCUT2D eigenvalue weighted by Crippen LogP contribution is -2.34. The van der Waals surface area contributed by atoms with Crippen LogP contribution in [0.1, 0.15) is 17.3 Å². The summed E-state index contributed by atoms with van der Waals surface area (Å²) in [6.07, 6.45) is -0.589. The fourth-order valence-corrected chi connectivity index (χ4v) is 4.66. The Labute approximate surface area is 201 Å². The smallest absolute Gasteiger partial charge is 0.265 e. The number of nitrogens with one attached hydrogen (secondary N) is 3. The molecule has 2 aliphatic rings. The van der Waals surface area contributed by atoms with E-state index in [2.05, 4.69) is 15.4 Å². The number of carbonyl (C=O) groups excluding carboxylic acids is 2. The Morgan fingerprint density at radius 2 is 1.60 bits per heavy atom. The largest absolute Gasteiger partial charge is 0.486 e. The summed E-state index contributed by atoms with van der Waals surface area (Å²) < 4.78 is 44.4. The maximum Gasteiger partial charge on any atom is 0.265 e. The van der Waals surface area contributed by atoms with Crippen LogP contribution in [0.5, 0.6) is 17.2 Å². The summed E-state index contributed by atoms with van der Waals surface area (Å²) in [6.45, 7) is 2.41. The topological polar surface area (TPSA) is 132 Å². The molecule has 3 N–H and O–H groups in total. The molecule has 0 fully saturated rings. The van der Waals surface area contributed by atoms with E-state index in [-0.39, 0.29) is 10.8 Å². The van der Waals surface area contributed by atoms with Crippen molar-refractivity contribution in [1.82, 2.24) is 0 Å². The molecular formula is C24H21N3O7S. The number of hydrogen-bond acceptors (Lipinski definition) is 7. The van der Waals surface area contributed by atoms with E-state index in [4.69, 9.17) is 14.2 Å². The number of sulfonamides is 1. The van der Waals surface area contributed by atoms with Gasteiger partial charge in [-0.2, -0.15) is 0 Å². The molecule has 2 heterocycles. The molecule has 2 aliphatic heterocycles. The minimum atomic E-state index is -3.88. The Bertz CT molecular complexity index is 1420. The van der Waals surface area contributed by atoms with Gasteiger partial charge in [0.15, 0.2) is 17.6 Å². The number of ether oxygens (including phenoxy) is 3. The molecule has 2 amide bonds. The van der Waals surface area contributed by atoms with E-state index in [1.165, 1.54) is 36.4 Å². The monoisotopic (exact) mass is 495 g/mol. The highest BCUT2D eigenvalue weighted by atomic mass is 32.2. The quantitative estimate of drug-likeness (QED) is 0.495. The van der Waals surface area contributed by atoms with Gasteiger partial charge in [-0.15, -0.1) is 0 Å². The van der Waals surface area contributed by atoms with E-state index in [1.54, 1.807) is 31.2 Å². The van der Waals surface area contributed by atoms with Gasteiger partial charge in [-0.25, -0.2) is 8.42 Å². The summed E-state index contributed by atoms with van der Waals surface area (Å²) in [4.78, 5) is 24.5. The number of hydrogen-bond donors (Lipinski definition) is 3. The number of rotatable bonds is 5. The molecule has 0 aromatic heterocycles. The number of amides is 2. The van der Waals surface area contributed by atoms with Gasteiger partial charge in [-0.05, 0) is 61.5 Å². The average molecular weight is 496 g/mol. The fourth-order valence-electron chi connectivity index (χ4n) is 3.58. The van der Waals surface area contributed by atoms with Crippen molar-refractivity contribution >= 4 is 38.9 Å². The van der Waals surface area contributed by atoms with Crippen molar-refractivity contribution in [1.29, 1.82) is 0 Å². The maximum absolute atomic E-state index is 12.8. The molecule has 180 valence electrons. The zero-order valence-electron chi connectivity index (χ0n) is 18.5. The van der Waals surface area contributed by atoms with Crippen molar-refractivity contribution in [2.75, 3.05) is 28.6 Å². The molecule has 0 saturated carbocycles. The molecule has 5 rings (SSSR count). The zero-order chi connectivity index (χ0) is 24.6. The SMILES string of the molecule is C[C@@H]1Oc2ccc(NC(=O)c3ccc(NS(=O)(=O)c4ccc5c(c4)OCCO5)cc3)cc2NC1=O. The molecule has 35 heavy (non-hydrogen) atoms. The minimum Gasteiger partial charge on any atom is -0.486 e. The second-order valence-electron chi connectivity index (χ2n) is 7.90. The number of carbonyl (C=O) groups is 2. The van der Waals surface area contributed by atoms with Crippen molar-refractivity contribution in [3.63, 3.8) is 0 Å². The van der Waals surface area contributed by atoms with Gasteiger partial charge < -0.3 is 24.8 Å². The van der Waals surface area contributed by atoms with Gasteiger partial charge in [0.2, 0.25) is 0 Å². The highest BCUT2D eigenvalue weighted by molar-refractivity contribution is 7.92. The second-order valence-corrected chi connectivity index (χ2v) is 9.59. The molecule has 1 atom stereocenters. The number of fused-ring (bicyclic) bond motifs is 2. The molecule has 3 aromatic carbocycles. The molecule has 3 aromatic rings. The minimum absolute atomic E-state index is 0.0291. The Morgan fingerprint density at radius 3 is 2.37 bits per heavy atom. The van der Waals surface area contributed by atoms with Gasteiger partial charge in [0.1, 0.15) is 19.0 Å². The van der Waals surface area contributed by atoms with Crippen molar-refractivity contribution < 1.29 is 32.2 Å². The van der Waals surface area contributed by atoms with Crippen LogP contribution in [0, 0.1) is 0 Å². The second kappa shape index (κ2) is 8.84. The van der Waals surface area contributed by atoms with Crippen molar-refractivity contribution in [3.8, 4) is 17.2 Å². The summed E-state index contributed by atoms with van der Waals surface area (Å²) in [5, 5.41) is 5.47. The summed E-state index contributed by atoms with van der Waals surface area (Å²) in [7, 11) is -3.88. The van der Waals surface area contributed by atoms with Crippen LogP contribution >= 0.6 is 0 Å². The van der Waals surface area contributed by atoms with Crippen molar-refractivity contribution in [2.45, 2.75) is 17.9 Å².